The highest BCUT2D eigenvalue weighted by atomic mass is 16.6. The van der Waals surface area contributed by atoms with Crippen LogP contribution < -0.4 is 0 Å². The van der Waals surface area contributed by atoms with E-state index in [0.29, 0.717) is 11.1 Å². The van der Waals surface area contributed by atoms with Crippen molar-refractivity contribution in [3.63, 3.8) is 0 Å². The van der Waals surface area contributed by atoms with Crippen LogP contribution in [0.25, 0.3) is 10.9 Å². The van der Waals surface area contributed by atoms with Crippen molar-refractivity contribution in [2.45, 2.75) is 72.2 Å². The second-order valence-electron chi connectivity index (χ2n) is 12.2. The highest BCUT2D eigenvalue weighted by Crippen LogP contribution is 2.42. The molecule has 1 fully saturated rings. The molecule has 0 bridgehead atoms. The molecule has 0 N–H and O–H groups in total. The van der Waals surface area contributed by atoms with Gasteiger partial charge in [0.2, 0.25) is 5.91 Å². The van der Waals surface area contributed by atoms with Gasteiger partial charge in [-0.2, -0.15) is 0 Å². The van der Waals surface area contributed by atoms with E-state index in [9.17, 15) is 14.4 Å². The van der Waals surface area contributed by atoms with Gasteiger partial charge in [0.05, 0.1) is 5.52 Å². The Balaban J connectivity index is 1.84. The van der Waals surface area contributed by atoms with Crippen molar-refractivity contribution in [1.82, 2.24) is 14.4 Å². The molecule has 7 heteroatoms. The lowest BCUT2D eigenvalue weighted by Gasteiger charge is -2.41. The van der Waals surface area contributed by atoms with Crippen molar-refractivity contribution >= 4 is 28.8 Å². The maximum atomic E-state index is 14.0. The van der Waals surface area contributed by atoms with Gasteiger partial charge >= 0.3 is 6.09 Å². The van der Waals surface area contributed by atoms with Gasteiger partial charge in [-0.25, -0.2) is 4.79 Å². The van der Waals surface area contributed by atoms with Crippen molar-refractivity contribution in [2.24, 2.45) is 5.41 Å². The Morgan fingerprint density at radius 2 is 1.54 bits per heavy atom. The van der Waals surface area contributed by atoms with E-state index in [2.05, 4.69) is 0 Å². The average molecular weight is 504 g/mol. The maximum Gasteiger partial charge on any atom is 0.419 e. The number of nitrogens with zero attached hydrogens (tertiary/aromatic N) is 3. The third-order valence-corrected chi connectivity index (χ3v) is 6.86. The summed E-state index contributed by atoms with van der Waals surface area (Å²) in [7, 11) is 1.76. The topological polar surface area (TPSA) is 71.9 Å². The van der Waals surface area contributed by atoms with Crippen LogP contribution in [0.4, 0.5) is 4.79 Å². The van der Waals surface area contributed by atoms with Crippen LogP contribution in [0, 0.1) is 5.41 Å². The summed E-state index contributed by atoms with van der Waals surface area (Å²) >= 11 is 0. The smallest absolute Gasteiger partial charge is 0.419 e. The number of ether oxygens (including phenoxy) is 1. The third-order valence-electron chi connectivity index (χ3n) is 6.86. The normalized spacial score (nSPS) is 20.5. The Morgan fingerprint density at radius 1 is 0.946 bits per heavy atom. The first-order valence-corrected chi connectivity index (χ1v) is 12.6. The molecule has 0 unspecified atom stereocenters. The Kier molecular flexibility index (Phi) is 6.47. The Labute approximate surface area is 219 Å². The lowest BCUT2D eigenvalue weighted by atomic mass is 9.87. The number of carbonyl (C=O) groups excluding carboxylic acids is 3. The number of hydrogen-bond acceptors (Lipinski definition) is 4. The highest BCUT2D eigenvalue weighted by Gasteiger charge is 2.58. The van der Waals surface area contributed by atoms with Gasteiger partial charge in [-0.1, -0.05) is 57.2 Å². The van der Waals surface area contributed by atoms with E-state index in [-0.39, 0.29) is 18.2 Å². The first-order valence-electron chi connectivity index (χ1n) is 12.6. The number of likely N-dealkylation sites (N-methyl/N-ethyl adjacent to an activating group) is 1. The minimum Gasteiger partial charge on any atom is -0.443 e. The molecule has 1 aliphatic heterocycles. The molecule has 4 rings (SSSR count). The lowest BCUT2D eigenvalue weighted by molar-refractivity contribution is -0.132. The molecule has 0 saturated carbocycles. The maximum absolute atomic E-state index is 14.0. The molecular formula is C30H37N3O4. The summed E-state index contributed by atoms with van der Waals surface area (Å²) in [4.78, 5) is 44.4. The molecule has 0 radical (unpaired) electrons. The van der Waals surface area contributed by atoms with Gasteiger partial charge in [-0.15, -0.1) is 0 Å². The minimum absolute atomic E-state index is 0.134. The number of aromatic nitrogens is 1. The van der Waals surface area contributed by atoms with Gasteiger partial charge in [0.15, 0.2) is 0 Å². The number of hydrogen-bond donors (Lipinski definition) is 0. The Morgan fingerprint density at radius 3 is 2.14 bits per heavy atom. The monoisotopic (exact) mass is 503 g/mol. The fourth-order valence-electron chi connectivity index (χ4n) is 5.45. The van der Waals surface area contributed by atoms with Crippen LogP contribution in [0.15, 0.2) is 60.8 Å². The van der Waals surface area contributed by atoms with Gasteiger partial charge in [0.1, 0.15) is 17.3 Å². The number of para-hydroxylation sites is 1. The van der Waals surface area contributed by atoms with Crippen LogP contribution in [0.2, 0.25) is 0 Å². The Hall–Kier alpha value is -3.61. The van der Waals surface area contributed by atoms with E-state index in [1.165, 1.54) is 4.57 Å². The fourth-order valence-corrected chi connectivity index (χ4v) is 5.45. The summed E-state index contributed by atoms with van der Waals surface area (Å²) in [5.74, 6) is -0.331. The molecule has 37 heavy (non-hydrogen) atoms. The van der Waals surface area contributed by atoms with E-state index in [4.69, 9.17) is 4.74 Å². The summed E-state index contributed by atoms with van der Waals surface area (Å²) in [6.45, 7) is 13.4. The molecule has 0 aliphatic carbocycles. The molecular weight excluding hydrogens is 466 g/mol. The van der Waals surface area contributed by atoms with Gasteiger partial charge in [0, 0.05) is 36.0 Å². The van der Waals surface area contributed by atoms with Crippen molar-refractivity contribution in [3.8, 4) is 0 Å². The van der Waals surface area contributed by atoms with Crippen LogP contribution in [-0.4, -0.2) is 56.6 Å². The summed E-state index contributed by atoms with van der Waals surface area (Å²) in [6, 6.07) is 16.6. The average Bonchev–Trinajstić information content (AvgIpc) is 3.27. The van der Waals surface area contributed by atoms with Crippen LogP contribution in [0.1, 0.15) is 64.4 Å². The van der Waals surface area contributed by atoms with Crippen LogP contribution in [-0.2, 0) is 16.0 Å². The summed E-state index contributed by atoms with van der Waals surface area (Å²) in [5.41, 5.74) is -0.187. The molecule has 196 valence electrons. The van der Waals surface area contributed by atoms with Gasteiger partial charge in [-0.3, -0.25) is 14.2 Å². The molecule has 2 aromatic carbocycles. The Bertz CT molecular complexity index is 1350. The predicted molar refractivity (Wildman–Crippen MR) is 144 cm³/mol. The van der Waals surface area contributed by atoms with Crippen LogP contribution in [0.3, 0.4) is 0 Å². The van der Waals surface area contributed by atoms with Gasteiger partial charge in [0.25, 0.3) is 5.91 Å². The second-order valence-corrected chi connectivity index (χ2v) is 12.2. The largest absolute Gasteiger partial charge is 0.443 e. The van der Waals surface area contributed by atoms with Crippen LogP contribution >= 0.6 is 0 Å². The summed E-state index contributed by atoms with van der Waals surface area (Å²) < 4.78 is 7.13. The third kappa shape index (κ3) is 4.75. The molecule has 1 saturated heterocycles. The first kappa shape index (κ1) is 26.5. The molecule has 7 nitrogen and oxygen atoms in total. The highest BCUT2D eigenvalue weighted by molar-refractivity contribution is 6.02. The predicted octanol–water partition coefficient (Wildman–Crippen LogP) is 5.71. The second kappa shape index (κ2) is 9.05. The van der Waals surface area contributed by atoms with Gasteiger partial charge in [-0.05, 0) is 51.5 Å². The molecule has 2 atom stereocenters. The fraction of sp³-hybridized carbons (Fsp3) is 0.433. The van der Waals surface area contributed by atoms with Crippen molar-refractivity contribution < 1.29 is 19.1 Å². The molecule has 1 aromatic heterocycles. The quantitative estimate of drug-likeness (QED) is 0.459. The molecule has 3 aromatic rings. The van der Waals surface area contributed by atoms with Crippen molar-refractivity contribution in [1.29, 1.82) is 0 Å². The number of fused-ring (bicyclic) bond motifs is 1. The van der Waals surface area contributed by atoms with Gasteiger partial charge < -0.3 is 14.5 Å². The minimum atomic E-state index is -1.16. The first-order chi connectivity index (χ1) is 17.1. The van der Waals surface area contributed by atoms with Crippen molar-refractivity contribution in [3.05, 3.63) is 71.9 Å². The van der Waals surface area contributed by atoms with E-state index < -0.39 is 28.8 Å². The molecule has 2 heterocycles. The van der Waals surface area contributed by atoms with Crippen LogP contribution in [0.5, 0.6) is 0 Å². The van der Waals surface area contributed by atoms with E-state index in [1.54, 1.807) is 35.2 Å². The zero-order chi connectivity index (χ0) is 27.3. The van der Waals surface area contributed by atoms with E-state index in [0.717, 1.165) is 10.9 Å². The zero-order valence-corrected chi connectivity index (χ0v) is 23.0. The van der Waals surface area contributed by atoms with E-state index >= 15 is 0 Å². The molecule has 2 amide bonds. The number of carbonyl (C=O) groups is 3. The summed E-state index contributed by atoms with van der Waals surface area (Å²) in [6.07, 6.45) is 1.06. The van der Waals surface area contributed by atoms with E-state index in [1.807, 2.05) is 90.9 Å². The van der Waals surface area contributed by atoms with Crippen molar-refractivity contribution in [2.75, 3.05) is 7.05 Å². The zero-order valence-electron chi connectivity index (χ0n) is 23.0. The number of amides is 2. The molecule has 0 spiro atoms. The standard InChI is InChI=1S/C30H37N3O4/c1-28(2,3)25-31(8)26(35)30(7,33(25)24(34)20-14-10-9-11-15-20)18-21-19-32(27(36)37-29(4,5)6)23-17-13-12-16-22(21)23/h9-17,19,25H,18H2,1-8H3/t25-,30+/m1/s1. The molecule has 1 aliphatic rings. The number of rotatable bonds is 3. The summed E-state index contributed by atoms with van der Waals surface area (Å²) in [5, 5.41) is 0.844. The SMILES string of the molecule is CN1C(=O)[C@](C)(Cc2cn(C(=O)OC(C)(C)C)c3ccccc23)N(C(=O)c2ccccc2)[C@@H]1C(C)(C)C. The lowest BCUT2D eigenvalue weighted by Crippen LogP contribution is -2.56. The number of benzene rings is 2.